The van der Waals surface area contributed by atoms with Gasteiger partial charge >= 0.3 is 0 Å². The number of aromatic hydroxyl groups is 1. The molecule has 2 heterocycles. The molecule has 0 bridgehead atoms. The van der Waals surface area contributed by atoms with Crippen LogP contribution in [0.1, 0.15) is 21.7 Å². The summed E-state index contributed by atoms with van der Waals surface area (Å²) >= 11 is 1.48. The molecule has 7 heteroatoms. The first-order chi connectivity index (χ1) is 9.11. The van der Waals surface area contributed by atoms with Crippen molar-refractivity contribution in [2.24, 2.45) is 5.10 Å². The Kier molecular flexibility index (Phi) is 4.08. The summed E-state index contributed by atoms with van der Waals surface area (Å²) in [6, 6.07) is 0. The number of aliphatic hydroxyl groups excluding tert-OH is 1. The smallest absolute Gasteiger partial charge is 0.203 e. The van der Waals surface area contributed by atoms with Crippen LogP contribution in [0.2, 0.25) is 0 Å². The van der Waals surface area contributed by atoms with Gasteiger partial charge in [-0.2, -0.15) is 5.10 Å². The lowest BCUT2D eigenvalue weighted by Crippen LogP contribution is -1.99. The zero-order chi connectivity index (χ0) is 13.8. The highest BCUT2D eigenvalue weighted by Gasteiger charge is 2.09. The van der Waals surface area contributed by atoms with E-state index in [-0.39, 0.29) is 12.4 Å². The van der Waals surface area contributed by atoms with Crippen LogP contribution in [0, 0.1) is 13.8 Å². The molecule has 0 spiro atoms. The number of anilines is 1. The maximum absolute atomic E-state index is 9.91. The minimum Gasteiger partial charge on any atom is -0.505 e. The second-order valence-corrected chi connectivity index (χ2v) is 5.17. The monoisotopic (exact) mass is 278 g/mol. The van der Waals surface area contributed by atoms with Gasteiger partial charge in [-0.1, -0.05) is 0 Å². The first-order valence-electron chi connectivity index (χ1n) is 5.61. The Morgan fingerprint density at radius 3 is 2.79 bits per heavy atom. The van der Waals surface area contributed by atoms with Gasteiger partial charge in [-0.15, -0.1) is 11.3 Å². The van der Waals surface area contributed by atoms with E-state index in [1.807, 2.05) is 6.92 Å². The molecular formula is C12H14N4O2S. The maximum atomic E-state index is 9.91. The van der Waals surface area contributed by atoms with E-state index in [1.54, 1.807) is 13.1 Å². The number of aliphatic hydroxyl groups is 1. The number of aromatic nitrogens is 2. The number of rotatable bonds is 4. The van der Waals surface area contributed by atoms with Gasteiger partial charge in [0, 0.05) is 28.4 Å². The zero-order valence-corrected chi connectivity index (χ0v) is 11.4. The molecule has 6 nitrogen and oxygen atoms in total. The second-order valence-electron chi connectivity index (χ2n) is 3.94. The summed E-state index contributed by atoms with van der Waals surface area (Å²) in [7, 11) is 0. The summed E-state index contributed by atoms with van der Waals surface area (Å²) in [5.41, 5.74) is 4.24. The fourth-order valence-corrected chi connectivity index (χ4v) is 2.10. The van der Waals surface area contributed by atoms with Crippen molar-refractivity contribution in [3.05, 3.63) is 34.1 Å². The van der Waals surface area contributed by atoms with Crippen molar-refractivity contribution in [2.45, 2.75) is 20.5 Å². The summed E-state index contributed by atoms with van der Waals surface area (Å²) in [6.45, 7) is 3.43. The number of nitrogens with one attached hydrogen (secondary N) is 1. The van der Waals surface area contributed by atoms with Crippen LogP contribution in [0.25, 0.3) is 0 Å². The second kappa shape index (κ2) is 5.77. The Morgan fingerprint density at radius 2 is 2.16 bits per heavy atom. The highest BCUT2D eigenvalue weighted by atomic mass is 32.1. The summed E-state index contributed by atoms with van der Waals surface area (Å²) in [5.74, 6) is 0.0208. The van der Waals surface area contributed by atoms with Crippen LogP contribution in [0.15, 0.2) is 17.5 Å². The van der Waals surface area contributed by atoms with Gasteiger partial charge in [-0.3, -0.25) is 10.4 Å². The maximum Gasteiger partial charge on any atom is 0.203 e. The highest BCUT2D eigenvalue weighted by molar-refractivity contribution is 7.15. The molecule has 0 aliphatic carbocycles. The molecule has 100 valence electrons. The standard InChI is InChI=1S/C12H14N4O2S/c1-7-3-14-12(19-7)16-15-5-10-9(6-17)4-13-8(2)11(10)18/h3-5,17-18H,6H2,1-2H3,(H,14,16)/b15-5+. The molecule has 2 aromatic rings. The molecule has 2 aromatic heterocycles. The Morgan fingerprint density at radius 1 is 1.37 bits per heavy atom. The Bertz CT molecular complexity index is 610. The van der Waals surface area contributed by atoms with Gasteiger partial charge in [0.25, 0.3) is 0 Å². The zero-order valence-electron chi connectivity index (χ0n) is 10.6. The SMILES string of the molecule is Cc1cnc(N/N=C/c2c(CO)cnc(C)c2O)s1. The first-order valence-corrected chi connectivity index (χ1v) is 6.43. The van der Waals surface area contributed by atoms with Gasteiger partial charge in [0.05, 0.1) is 18.5 Å². The molecule has 19 heavy (non-hydrogen) atoms. The van der Waals surface area contributed by atoms with Crippen LogP contribution in [0.3, 0.4) is 0 Å². The summed E-state index contributed by atoms with van der Waals surface area (Å²) in [6.07, 6.45) is 4.71. The lowest BCUT2D eigenvalue weighted by Gasteiger charge is -2.06. The summed E-state index contributed by atoms with van der Waals surface area (Å²) in [4.78, 5) is 9.16. The van der Waals surface area contributed by atoms with Gasteiger partial charge in [0.1, 0.15) is 5.75 Å². The molecule has 0 aliphatic rings. The van der Waals surface area contributed by atoms with Crippen LogP contribution < -0.4 is 5.43 Å². The first kappa shape index (κ1) is 13.4. The number of thiazole rings is 1. The van der Waals surface area contributed by atoms with E-state index in [1.165, 1.54) is 23.7 Å². The van der Waals surface area contributed by atoms with Crippen LogP contribution in [0.4, 0.5) is 5.13 Å². The van der Waals surface area contributed by atoms with Gasteiger partial charge in [0.2, 0.25) is 5.13 Å². The van der Waals surface area contributed by atoms with E-state index in [2.05, 4.69) is 20.5 Å². The predicted octanol–water partition coefficient (Wildman–Crippen LogP) is 1.80. The van der Waals surface area contributed by atoms with Crippen LogP contribution in [0.5, 0.6) is 5.75 Å². The Labute approximate surface area is 114 Å². The third-order valence-corrected chi connectivity index (χ3v) is 3.32. The number of hydrogen-bond acceptors (Lipinski definition) is 7. The fraction of sp³-hybridized carbons (Fsp3) is 0.250. The molecule has 0 amide bonds. The summed E-state index contributed by atoms with van der Waals surface area (Å²) < 4.78 is 0. The van der Waals surface area contributed by atoms with Gasteiger partial charge < -0.3 is 10.2 Å². The van der Waals surface area contributed by atoms with E-state index < -0.39 is 0 Å². The average molecular weight is 278 g/mol. The lowest BCUT2D eigenvalue weighted by molar-refractivity contribution is 0.280. The summed E-state index contributed by atoms with van der Waals surface area (Å²) in [5, 5.41) is 23.8. The number of hydrogen-bond donors (Lipinski definition) is 3. The van der Waals surface area contributed by atoms with Crippen LogP contribution in [-0.4, -0.2) is 26.4 Å². The Hall–Kier alpha value is -1.99. The van der Waals surface area contributed by atoms with E-state index in [9.17, 15) is 10.2 Å². The molecule has 0 saturated carbocycles. The predicted molar refractivity (Wildman–Crippen MR) is 74.6 cm³/mol. The molecule has 0 unspecified atom stereocenters. The molecule has 0 radical (unpaired) electrons. The van der Waals surface area contributed by atoms with Crippen LogP contribution in [-0.2, 0) is 6.61 Å². The van der Waals surface area contributed by atoms with Crippen molar-refractivity contribution in [1.82, 2.24) is 9.97 Å². The van der Waals surface area contributed by atoms with E-state index in [4.69, 9.17) is 0 Å². The van der Waals surface area contributed by atoms with Crippen molar-refractivity contribution in [3.63, 3.8) is 0 Å². The molecule has 0 atom stereocenters. The number of nitrogens with zero attached hydrogens (tertiary/aromatic N) is 3. The van der Waals surface area contributed by atoms with E-state index >= 15 is 0 Å². The van der Waals surface area contributed by atoms with Crippen molar-refractivity contribution >= 4 is 22.7 Å². The molecule has 0 fully saturated rings. The van der Waals surface area contributed by atoms with Gasteiger partial charge in [0.15, 0.2) is 0 Å². The molecule has 0 aliphatic heterocycles. The normalized spacial score (nSPS) is 11.1. The molecule has 0 aromatic carbocycles. The third-order valence-electron chi connectivity index (χ3n) is 2.50. The largest absolute Gasteiger partial charge is 0.505 e. The quantitative estimate of drug-likeness (QED) is 0.586. The minimum absolute atomic E-state index is 0.0208. The van der Waals surface area contributed by atoms with Crippen molar-refractivity contribution in [3.8, 4) is 5.75 Å². The molecular weight excluding hydrogens is 264 g/mol. The van der Waals surface area contributed by atoms with E-state index in [0.29, 0.717) is 22.0 Å². The highest BCUT2D eigenvalue weighted by Crippen LogP contribution is 2.22. The molecule has 0 saturated heterocycles. The number of aryl methyl sites for hydroxylation is 2. The Balaban J connectivity index is 2.20. The molecule has 2 rings (SSSR count). The van der Waals surface area contributed by atoms with E-state index in [0.717, 1.165) is 4.88 Å². The number of hydrazone groups is 1. The molecule has 3 N–H and O–H groups in total. The van der Waals surface area contributed by atoms with Crippen molar-refractivity contribution < 1.29 is 10.2 Å². The van der Waals surface area contributed by atoms with Crippen LogP contribution >= 0.6 is 11.3 Å². The van der Waals surface area contributed by atoms with Gasteiger partial charge in [-0.25, -0.2) is 4.98 Å². The third kappa shape index (κ3) is 3.07. The minimum atomic E-state index is -0.210. The number of pyridine rings is 1. The van der Waals surface area contributed by atoms with Gasteiger partial charge in [-0.05, 0) is 13.8 Å². The lowest BCUT2D eigenvalue weighted by atomic mass is 10.1. The fourth-order valence-electron chi connectivity index (χ4n) is 1.48. The van der Waals surface area contributed by atoms with Crippen molar-refractivity contribution in [1.29, 1.82) is 0 Å². The average Bonchev–Trinajstić information content (AvgIpc) is 2.80. The topological polar surface area (TPSA) is 90.6 Å². The van der Waals surface area contributed by atoms with Crippen molar-refractivity contribution in [2.75, 3.05) is 5.43 Å².